The minimum Gasteiger partial charge on any atom is -0.456 e. The summed E-state index contributed by atoms with van der Waals surface area (Å²) < 4.78 is 27.5. The van der Waals surface area contributed by atoms with Gasteiger partial charge >= 0.3 is 5.97 Å². The SMILES string of the molecule is O=C(COC(=O)CCN1C(=O)[C@H]2CC=CC[C@@H]2C1=O)N[C@H]1CCS(=O)(=O)C1. The quantitative estimate of drug-likeness (QED) is 0.352. The van der Waals surface area contributed by atoms with Crippen molar-refractivity contribution in [2.24, 2.45) is 11.8 Å². The molecule has 148 valence electrons. The lowest BCUT2D eigenvalue weighted by atomic mass is 9.85. The molecule has 0 aromatic rings. The fourth-order valence-electron chi connectivity index (χ4n) is 3.69. The third-order valence-electron chi connectivity index (χ3n) is 5.10. The van der Waals surface area contributed by atoms with E-state index in [1.165, 1.54) is 0 Å². The molecule has 9 nitrogen and oxygen atoms in total. The van der Waals surface area contributed by atoms with E-state index in [0.717, 1.165) is 4.90 Å². The van der Waals surface area contributed by atoms with Gasteiger partial charge in [-0.25, -0.2) is 8.42 Å². The van der Waals surface area contributed by atoms with Gasteiger partial charge in [-0.15, -0.1) is 0 Å². The highest BCUT2D eigenvalue weighted by atomic mass is 32.2. The Morgan fingerprint density at radius 2 is 1.78 bits per heavy atom. The number of carbonyl (C=O) groups excluding carboxylic acids is 4. The summed E-state index contributed by atoms with van der Waals surface area (Å²) in [7, 11) is -3.11. The molecule has 3 rings (SSSR count). The van der Waals surface area contributed by atoms with Crippen LogP contribution in [0.2, 0.25) is 0 Å². The zero-order chi connectivity index (χ0) is 19.6. The van der Waals surface area contributed by atoms with E-state index >= 15 is 0 Å². The van der Waals surface area contributed by atoms with Crippen molar-refractivity contribution in [2.75, 3.05) is 24.7 Å². The first-order valence-corrected chi connectivity index (χ1v) is 10.7. The fourth-order valence-corrected chi connectivity index (χ4v) is 5.36. The minimum absolute atomic E-state index is 0.0349. The molecule has 27 heavy (non-hydrogen) atoms. The number of imide groups is 1. The number of ether oxygens (including phenoxy) is 1. The van der Waals surface area contributed by atoms with E-state index in [0.29, 0.717) is 19.3 Å². The van der Waals surface area contributed by atoms with Crippen LogP contribution in [0.15, 0.2) is 12.2 Å². The lowest BCUT2D eigenvalue weighted by molar-refractivity contribution is -0.150. The van der Waals surface area contributed by atoms with Crippen LogP contribution < -0.4 is 5.32 Å². The Hall–Kier alpha value is -2.23. The molecule has 2 fully saturated rings. The molecular formula is C17H22N2O7S. The van der Waals surface area contributed by atoms with Crippen LogP contribution in [0.25, 0.3) is 0 Å². The molecule has 0 saturated carbocycles. The molecule has 0 spiro atoms. The molecule has 3 amide bonds. The summed E-state index contributed by atoms with van der Waals surface area (Å²) in [5.74, 6) is -2.55. The molecule has 2 saturated heterocycles. The second-order valence-corrected chi connectivity index (χ2v) is 9.29. The Bertz CT molecular complexity index is 763. The van der Waals surface area contributed by atoms with Gasteiger partial charge in [0.1, 0.15) is 0 Å². The largest absolute Gasteiger partial charge is 0.456 e. The van der Waals surface area contributed by atoms with Crippen molar-refractivity contribution in [3.8, 4) is 0 Å². The third kappa shape index (κ3) is 4.55. The van der Waals surface area contributed by atoms with Crippen molar-refractivity contribution in [3.05, 3.63) is 12.2 Å². The molecule has 0 bridgehead atoms. The van der Waals surface area contributed by atoms with E-state index in [1.54, 1.807) is 0 Å². The van der Waals surface area contributed by atoms with Gasteiger partial charge in [0, 0.05) is 12.6 Å². The number of esters is 1. The number of carbonyl (C=O) groups is 4. The van der Waals surface area contributed by atoms with Gasteiger partial charge in [-0.2, -0.15) is 0 Å². The number of fused-ring (bicyclic) bond motifs is 1. The molecule has 1 N–H and O–H groups in total. The van der Waals surface area contributed by atoms with Crippen LogP contribution in [0.5, 0.6) is 0 Å². The van der Waals surface area contributed by atoms with E-state index in [1.807, 2.05) is 12.2 Å². The molecule has 0 aromatic heterocycles. The lowest BCUT2D eigenvalue weighted by Gasteiger charge is -2.14. The van der Waals surface area contributed by atoms with Crippen LogP contribution in [-0.4, -0.2) is 67.7 Å². The Kier molecular flexibility index (Phi) is 5.64. The normalized spacial score (nSPS) is 28.9. The van der Waals surface area contributed by atoms with Crippen LogP contribution in [0, 0.1) is 11.8 Å². The fraction of sp³-hybridized carbons (Fsp3) is 0.647. The highest BCUT2D eigenvalue weighted by Gasteiger charge is 2.46. The number of hydrogen-bond donors (Lipinski definition) is 1. The smallest absolute Gasteiger partial charge is 0.308 e. The second kappa shape index (κ2) is 7.79. The number of hydrogen-bond acceptors (Lipinski definition) is 7. The number of sulfone groups is 1. The number of amides is 3. The minimum atomic E-state index is -3.11. The zero-order valence-corrected chi connectivity index (χ0v) is 15.6. The van der Waals surface area contributed by atoms with Crippen LogP contribution in [0.1, 0.15) is 25.7 Å². The maximum absolute atomic E-state index is 12.3. The average molecular weight is 398 g/mol. The van der Waals surface area contributed by atoms with Crippen molar-refractivity contribution < 1.29 is 32.3 Å². The highest BCUT2D eigenvalue weighted by Crippen LogP contribution is 2.34. The van der Waals surface area contributed by atoms with Crippen LogP contribution in [0.4, 0.5) is 0 Å². The van der Waals surface area contributed by atoms with E-state index in [4.69, 9.17) is 4.74 Å². The Labute approximate surface area is 157 Å². The van der Waals surface area contributed by atoms with Crippen LogP contribution >= 0.6 is 0 Å². The molecule has 0 unspecified atom stereocenters. The molecule has 0 aromatic carbocycles. The molecule has 3 aliphatic rings. The van der Waals surface area contributed by atoms with Gasteiger partial charge in [-0.1, -0.05) is 12.2 Å². The highest BCUT2D eigenvalue weighted by molar-refractivity contribution is 7.91. The first-order chi connectivity index (χ1) is 12.8. The number of nitrogens with zero attached hydrogens (tertiary/aromatic N) is 1. The standard InChI is InChI=1S/C17H22N2O7S/c20-14(18-11-6-8-27(24,25)10-11)9-26-15(21)5-7-19-16(22)12-3-1-2-4-13(12)17(19)23/h1-2,11-13H,3-10H2,(H,18,20)/t11-,12-,13-/m0/s1. The van der Waals surface area contributed by atoms with Crippen molar-refractivity contribution >= 4 is 33.5 Å². The predicted molar refractivity (Wildman–Crippen MR) is 92.9 cm³/mol. The Morgan fingerprint density at radius 3 is 2.33 bits per heavy atom. The Balaban J connectivity index is 1.39. The topological polar surface area (TPSA) is 127 Å². The molecule has 10 heteroatoms. The first kappa shape index (κ1) is 19.5. The predicted octanol–water partition coefficient (Wildman–Crippen LogP) is -0.826. The Morgan fingerprint density at radius 1 is 1.15 bits per heavy atom. The van der Waals surface area contributed by atoms with E-state index < -0.39 is 34.4 Å². The summed E-state index contributed by atoms with van der Waals surface area (Å²) in [5.41, 5.74) is 0. The monoisotopic (exact) mass is 398 g/mol. The number of allylic oxidation sites excluding steroid dienone is 2. The van der Waals surface area contributed by atoms with Crippen molar-refractivity contribution in [3.63, 3.8) is 0 Å². The van der Waals surface area contributed by atoms with Gasteiger partial charge in [0.25, 0.3) is 5.91 Å². The summed E-state index contributed by atoms with van der Waals surface area (Å²) in [4.78, 5) is 49.2. The van der Waals surface area contributed by atoms with Gasteiger partial charge in [0.05, 0.1) is 29.8 Å². The van der Waals surface area contributed by atoms with Crippen LogP contribution in [0.3, 0.4) is 0 Å². The first-order valence-electron chi connectivity index (χ1n) is 8.92. The second-order valence-electron chi connectivity index (χ2n) is 7.06. The molecule has 0 radical (unpaired) electrons. The summed E-state index contributed by atoms with van der Waals surface area (Å²) in [5, 5.41) is 2.51. The van der Waals surface area contributed by atoms with Crippen molar-refractivity contribution in [1.82, 2.24) is 10.2 Å². The van der Waals surface area contributed by atoms with Gasteiger partial charge in [-0.3, -0.25) is 24.1 Å². The zero-order valence-electron chi connectivity index (χ0n) is 14.8. The summed E-state index contributed by atoms with van der Waals surface area (Å²) in [6.07, 6.45) is 5.00. The average Bonchev–Trinajstić information content (AvgIpc) is 3.09. The number of likely N-dealkylation sites (tertiary alicyclic amines) is 1. The summed E-state index contributed by atoms with van der Waals surface area (Å²) in [6, 6.07) is -0.460. The summed E-state index contributed by atoms with van der Waals surface area (Å²) in [6.45, 7) is -0.585. The number of rotatable bonds is 6. The van der Waals surface area contributed by atoms with E-state index in [9.17, 15) is 27.6 Å². The van der Waals surface area contributed by atoms with Gasteiger partial charge < -0.3 is 10.1 Å². The summed E-state index contributed by atoms with van der Waals surface area (Å²) >= 11 is 0. The van der Waals surface area contributed by atoms with E-state index in [-0.39, 0.29) is 48.1 Å². The van der Waals surface area contributed by atoms with Gasteiger partial charge in [0.15, 0.2) is 16.4 Å². The van der Waals surface area contributed by atoms with Crippen LogP contribution in [-0.2, 0) is 33.8 Å². The van der Waals surface area contributed by atoms with Crippen molar-refractivity contribution in [2.45, 2.75) is 31.7 Å². The molecular weight excluding hydrogens is 376 g/mol. The maximum Gasteiger partial charge on any atom is 0.308 e. The van der Waals surface area contributed by atoms with Crippen molar-refractivity contribution in [1.29, 1.82) is 0 Å². The van der Waals surface area contributed by atoms with Gasteiger partial charge in [0.2, 0.25) is 11.8 Å². The molecule has 1 aliphatic carbocycles. The number of nitrogens with one attached hydrogen (secondary N) is 1. The van der Waals surface area contributed by atoms with E-state index in [2.05, 4.69) is 5.32 Å². The maximum atomic E-state index is 12.3. The third-order valence-corrected chi connectivity index (χ3v) is 6.87. The molecule has 2 aliphatic heterocycles. The van der Waals surface area contributed by atoms with Gasteiger partial charge in [-0.05, 0) is 19.3 Å². The molecule has 2 heterocycles. The molecule has 3 atom stereocenters. The lowest BCUT2D eigenvalue weighted by Crippen LogP contribution is -2.38.